The largest absolute Gasteiger partial charge is 0.497 e. The highest BCUT2D eigenvalue weighted by atomic mass is 16.5. The van der Waals surface area contributed by atoms with Gasteiger partial charge in [0.25, 0.3) is 0 Å². The molecular weight excluding hydrogens is 172 g/mol. The van der Waals surface area contributed by atoms with Crippen molar-refractivity contribution in [1.82, 2.24) is 0 Å². The van der Waals surface area contributed by atoms with Crippen LogP contribution >= 0.6 is 0 Å². The maximum Gasteiger partial charge on any atom is 0.119 e. The van der Waals surface area contributed by atoms with E-state index in [1.807, 2.05) is 12.1 Å². The molecule has 1 heteroatoms. The fraction of sp³-hybridized carbons (Fsp3) is 0.385. The Balaban J connectivity index is 2.26. The van der Waals surface area contributed by atoms with Gasteiger partial charge in [-0.1, -0.05) is 12.1 Å². The molecule has 0 saturated heterocycles. The van der Waals surface area contributed by atoms with Crippen molar-refractivity contribution in [3.05, 3.63) is 35.9 Å². The summed E-state index contributed by atoms with van der Waals surface area (Å²) in [7, 11) is 1.71. The van der Waals surface area contributed by atoms with Crippen LogP contribution in [0.1, 0.15) is 31.2 Å². The topological polar surface area (TPSA) is 9.23 Å². The second-order valence-electron chi connectivity index (χ2n) is 3.59. The van der Waals surface area contributed by atoms with Crippen molar-refractivity contribution < 1.29 is 4.74 Å². The Morgan fingerprint density at radius 1 is 1.29 bits per heavy atom. The molecule has 0 aliphatic heterocycles. The third-order valence-electron chi connectivity index (χ3n) is 2.61. The molecule has 1 aromatic rings. The summed E-state index contributed by atoms with van der Waals surface area (Å²) >= 11 is 0. The first kappa shape index (κ1) is 9.32. The first-order valence-corrected chi connectivity index (χ1v) is 5.14. The number of rotatable bonds is 2. The van der Waals surface area contributed by atoms with Gasteiger partial charge in [-0.15, -0.1) is 0 Å². The van der Waals surface area contributed by atoms with Gasteiger partial charge in [0.2, 0.25) is 0 Å². The van der Waals surface area contributed by atoms with Crippen LogP contribution in [0.5, 0.6) is 5.75 Å². The second kappa shape index (κ2) is 4.32. The molecule has 1 aliphatic carbocycles. The van der Waals surface area contributed by atoms with Crippen molar-refractivity contribution in [2.75, 3.05) is 7.11 Å². The minimum Gasteiger partial charge on any atom is -0.497 e. The predicted molar refractivity (Wildman–Crippen MR) is 58.1 cm³/mol. The molecule has 0 fully saturated rings. The van der Waals surface area contributed by atoms with Crippen LogP contribution in [0.3, 0.4) is 0 Å². The summed E-state index contributed by atoms with van der Waals surface area (Å²) in [6, 6.07) is 8.24. The van der Waals surface area contributed by atoms with Crippen molar-refractivity contribution in [2.24, 2.45) is 0 Å². The average Bonchev–Trinajstić information content (AvgIpc) is 2.30. The molecule has 1 radical (unpaired) electrons. The van der Waals surface area contributed by atoms with Gasteiger partial charge in [-0.2, -0.15) is 0 Å². The third kappa shape index (κ3) is 1.98. The molecule has 0 atom stereocenters. The Hall–Kier alpha value is -1.24. The number of methoxy groups -OCH3 is 1. The van der Waals surface area contributed by atoms with Crippen LogP contribution in [0.25, 0.3) is 5.57 Å². The van der Waals surface area contributed by atoms with Gasteiger partial charge in [0, 0.05) is 0 Å². The average molecular weight is 187 g/mol. The van der Waals surface area contributed by atoms with Crippen molar-refractivity contribution in [3.8, 4) is 5.75 Å². The SMILES string of the molecule is COc1cccc(C2=[C]CCCC2)c1. The van der Waals surface area contributed by atoms with Crippen LogP contribution in [-0.4, -0.2) is 7.11 Å². The third-order valence-corrected chi connectivity index (χ3v) is 2.61. The van der Waals surface area contributed by atoms with Crippen LogP contribution in [0.4, 0.5) is 0 Å². The molecule has 0 spiro atoms. The molecule has 0 amide bonds. The molecule has 1 aliphatic rings. The van der Waals surface area contributed by atoms with E-state index in [0.29, 0.717) is 0 Å². The van der Waals surface area contributed by atoms with Crippen molar-refractivity contribution in [1.29, 1.82) is 0 Å². The zero-order chi connectivity index (χ0) is 9.80. The van der Waals surface area contributed by atoms with Gasteiger partial charge in [0.05, 0.1) is 7.11 Å². The monoisotopic (exact) mass is 187 g/mol. The van der Waals surface area contributed by atoms with E-state index in [4.69, 9.17) is 4.74 Å². The highest BCUT2D eigenvalue weighted by Gasteiger charge is 2.06. The van der Waals surface area contributed by atoms with E-state index in [2.05, 4.69) is 18.2 Å². The van der Waals surface area contributed by atoms with Gasteiger partial charge in [0.1, 0.15) is 5.75 Å². The lowest BCUT2D eigenvalue weighted by Crippen LogP contribution is -1.93. The zero-order valence-electron chi connectivity index (χ0n) is 8.55. The van der Waals surface area contributed by atoms with E-state index in [1.165, 1.54) is 24.0 Å². The summed E-state index contributed by atoms with van der Waals surface area (Å²) in [4.78, 5) is 0. The summed E-state index contributed by atoms with van der Waals surface area (Å²) in [6.07, 6.45) is 8.29. The van der Waals surface area contributed by atoms with Crippen molar-refractivity contribution >= 4 is 5.57 Å². The highest BCUT2D eigenvalue weighted by Crippen LogP contribution is 2.27. The lowest BCUT2D eigenvalue weighted by molar-refractivity contribution is 0.414. The quantitative estimate of drug-likeness (QED) is 0.689. The standard InChI is InChI=1S/C13H15O/c1-14-13-9-5-8-12(10-13)11-6-3-2-4-7-11/h5,8-10H,2-4,6H2,1H3. The number of hydrogen-bond donors (Lipinski definition) is 0. The summed E-state index contributed by atoms with van der Waals surface area (Å²) in [6.45, 7) is 0. The smallest absolute Gasteiger partial charge is 0.119 e. The van der Waals surface area contributed by atoms with Gasteiger partial charge < -0.3 is 4.74 Å². The van der Waals surface area contributed by atoms with E-state index < -0.39 is 0 Å². The Morgan fingerprint density at radius 2 is 2.21 bits per heavy atom. The molecule has 0 N–H and O–H groups in total. The van der Waals surface area contributed by atoms with E-state index in [1.54, 1.807) is 7.11 Å². The molecule has 1 nitrogen and oxygen atoms in total. The second-order valence-corrected chi connectivity index (χ2v) is 3.59. The van der Waals surface area contributed by atoms with Gasteiger partial charge in [-0.05, 0) is 55.0 Å². The van der Waals surface area contributed by atoms with Crippen LogP contribution in [0.15, 0.2) is 24.3 Å². The Bertz CT molecular complexity index is 339. The van der Waals surface area contributed by atoms with E-state index in [-0.39, 0.29) is 0 Å². The Labute approximate surface area is 85.4 Å². The molecule has 0 saturated carbocycles. The maximum atomic E-state index is 5.20. The first-order valence-electron chi connectivity index (χ1n) is 5.14. The fourth-order valence-electron chi connectivity index (χ4n) is 1.81. The highest BCUT2D eigenvalue weighted by molar-refractivity contribution is 5.65. The Morgan fingerprint density at radius 3 is 2.93 bits per heavy atom. The lowest BCUT2D eigenvalue weighted by Gasteiger charge is -2.12. The van der Waals surface area contributed by atoms with Crippen LogP contribution in [0.2, 0.25) is 0 Å². The lowest BCUT2D eigenvalue weighted by atomic mass is 9.94. The molecule has 14 heavy (non-hydrogen) atoms. The molecule has 0 unspecified atom stereocenters. The maximum absolute atomic E-state index is 5.20. The summed E-state index contributed by atoms with van der Waals surface area (Å²) < 4.78 is 5.20. The predicted octanol–water partition coefficient (Wildman–Crippen LogP) is 3.46. The molecule has 0 aromatic heterocycles. The van der Waals surface area contributed by atoms with Crippen LogP contribution in [0, 0.1) is 6.08 Å². The van der Waals surface area contributed by atoms with E-state index >= 15 is 0 Å². The van der Waals surface area contributed by atoms with Crippen molar-refractivity contribution in [3.63, 3.8) is 0 Å². The minimum absolute atomic E-state index is 0.933. The molecular formula is C13H15O. The molecule has 2 rings (SSSR count). The molecule has 0 bridgehead atoms. The number of allylic oxidation sites excluding steroid dienone is 2. The minimum atomic E-state index is 0.933. The first-order chi connectivity index (χ1) is 6.90. The van der Waals surface area contributed by atoms with E-state index in [9.17, 15) is 0 Å². The number of hydrogen-bond acceptors (Lipinski definition) is 1. The van der Waals surface area contributed by atoms with Gasteiger partial charge >= 0.3 is 0 Å². The van der Waals surface area contributed by atoms with Gasteiger partial charge in [-0.25, -0.2) is 0 Å². The number of benzene rings is 1. The van der Waals surface area contributed by atoms with Crippen LogP contribution in [-0.2, 0) is 0 Å². The fourth-order valence-corrected chi connectivity index (χ4v) is 1.81. The normalized spacial score (nSPS) is 16.2. The molecule has 0 heterocycles. The summed E-state index contributed by atoms with van der Waals surface area (Å²) in [5.74, 6) is 0.933. The van der Waals surface area contributed by atoms with Crippen molar-refractivity contribution in [2.45, 2.75) is 25.7 Å². The summed E-state index contributed by atoms with van der Waals surface area (Å²) in [5.41, 5.74) is 2.62. The zero-order valence-corrected chi connectivity index (χ0v) is 8.55. The van der Waals surface area contributed by atoms with Gasteiger partial charge in [0.15, 0.2) is 0 Å². The number of ether oxygens (including phenoxy) is 1. The van der Waals surface area contributed by atoms with Crippen LogP contribution < -0.4 is 4.74 Å². The summed E-state index contributed by atoms with van der Waals surface area (Å²) in [5, 5.41) is 0. The Kier molecular flexibility index (Phi) is 2.87. The molecule has 1 aromatic carbocycles. The molecule has 73 valence electrons. The van der Waals surface area contributed by atoms with Gasteiger partial charge in [-0.3, -0.25) is 0 Å². The van der Waals surface area contributed by atoms with E-state index in [0.717, 1.165) is 18.6 Å².